The van der Waals surface area contributed by atoms with E-state index in [1.165, 1.54) is 0 Å². The molecule has 0 amide bonds. The smallest absolute Gasteiger partial charge is 0.311 e. The van der Waals surface area contributed by atoms with Gasteiger partial charge in [0.15, 0.2) is 12.0 Å². The third-order valence-corrected chi connectivity index (χ3v) is 2.02. The van der Waals surface area contributed by atoms with Crippen molar-refractivity contribution >= 4 is 10.2 Å². The Labute approximate surface area is 68.0 Å². The normalized spacial score (nSPS) is 29.1. The minimum atomic E-state index is -4.74. The average Bonchev–Trinajstić information content (AvgIpc) is 2.05. The van der Waals surface area contributed by atoms with Crippen LogP contribution in [0.1, 0.15) is 6.92 Å². The zero-order chi connectivity index (χ0) is 9.41. The molecule has 0 spiro atoms. The lowest BCUT2D eigenvalue weighted by atomic mass is 10.4. The summed E-state index contributed by atoms with van der Waals surface area (Å²) in [5, 5.41) is 0. The van der Waals surface area contributed by atoms with E-state index in [0.717, 1.165) is 6.92 Å². The van der Waals surface area contributed by atoms with Crippen molar-refractivity contribution in [1.29, 1.82) is 0 Å². The lowest BCUT2D eigenvalue weighted by Crippen LogP contribution is -2.33. The van der Waals surface area contributed by atoms with E-state index in [0.29, 0.717) is 6.26 Å². The first-order valence-corrected chi connectivity index (χ1v) is 4.51. The highest BCUT2D eigenvalue weighted by Gasteiger charge is 2.39. The fraction of sp³-hybridized carbons (Fsp3) is 0.600. The summed E-state index contributed by atoms with van der Waals surface area (Å²) in [6.45, 7) is 1.12. The predicted molar refractivity (Wildman–Crippen MR) is 34.7 cm³/mol. The van der Waals surface area contributed by atoms with E-state index in [9.17, 15) is 16.7 Å². The summed E-state index contributed by atoms with van der Waals surface area (Å²) in [4.78, 5) is 0. The SMILES string of the molecule is CC1(CS(=O)(=O)F)OC=C(F)O1. The van der Waals surface area contributed by atoms with Gasteiger partial charge in [-0.2, -0.15) is 12.8 Å². The second kappa shape index (κ2) is 2.58. The molecule has 0 saturated heterocycles. The van der Waals surface area contributed by atoms with Crippen LogP contribution in [-0.2, 0) is 19.7 Å². The molecule has 4 nitrogen and oxygen atoms in total. The van der Waals surface area contributed by atoms with E-state index in [1.807, 2.05) is 0 Å². The van der Waals surface area contributed by atoms with E-state index in [4.69, 9.17) is 0 Å². The molecule has 1 aliphatic rings. The van der Waals surface area contributed by atoms with Crippen LogP contribution in [0.5, 0.6) is 0 Å². The van der Waals surface area contributed by atoms with Gasteiger partial charge in [0.2, 0.25) is 0 Å². The van der Waals surface area contributed by atoms with Crippen LogP contribution in [0, 0.1) is 0 Å². The van der Waals surface area contributed by atoms with Crippen molar-refractivity contribution < 1.29 is 26.2 Å². The molecule has 0 aromatic rings. The minimum Gasteiger partial charge on any atom is -0.452 e. The molecule has 1 unspecified atom stereocenters. The van der Waals surface area contributed by atoms with Crippen LogP contribution in [0.2, 0.25) is 0 Å². The summed E-state index contributed by atoms with van der Waals surface area (Å²) in [5.74, 6) is -2.82. The first-order chi connectivity index (χ1) is 5.31. The molecule has 0 bridgehead atoms. The molecule has 0 aromatic heterocycles. The van der Waals surface area contributed by atoms with E-state index in [-0.39, 0.29) is 0 Å². The van der Waals surface area contributed by atoms with Gasteiger partial charge in [-0.25, -0.2) is 0 Å². The van der Waals surface area contributed by atoms with E-state index < -0.39 is 27.8 Å². The average molecular weight is 200 g/mol. The van der Waals surface area contributed by atoms with Crippen molar-refractivity contribution in [3.8, 4) is 0 Å². The van der Waals surface area contributed by atoms with Gasteiger partial charge in [0.05, 0.1) is 0 Å². The van der Waals surface area contributed by atoms with E-state index in [2.05, 4.69) is 9.47 Å². The molecule has 0 fully saturated rings. The Balaban J connectivity index is 2.66. The summed E-state index contributed by atoms with van der Waals surface area (Å²) in [6.07, 6.45) is 0.588. The monoisotopic (exact) mass is 200 g/mol. The summed E-state index contributed by atoms with van der Waals surface area (Å²) < 4.78 is 53.3. The van der Waals surface area contributed by atoms with Crippen molar-refractivity contribution in [3.63, 3.8) is 0 Å². The maximum absolute atomic E-state index is 12.2. The maximum atomic E-state index is 12.2. The maximum Gasteiger partial charge on any atom is 0.311 e. The van der Waals surface area contributed by atoms with E-state index in [1.54, 1.807) is 0 Å². The quantitative estimate of drug-likeness (QED) is 0.619. The Morgan fingerprint density at radius 3 is 2.58 bits per heavy atom. The fourth-order valence-electron chi connectivity index (χ4n) is 0.802. The Kier molecular flexibility index (Phi) is 1.99. The van der Waals surface area contributed by atoms with Gasteiger partial charge in [0, 0.05) is 6.92 Å². The van der Waals surface area contributed by atoms with Gasteiger partial charge in [-0.15, -0.1) is 3.89 Å². The lowest BCUT2D eigenvalue weighted by molar-refractivity contribution is -0.124. The standard InChI is InChI=1S/C5H6F2O4S/c1-5(3-12(7,8)9)10-2-4(6)11-5/h2H,3H2,1H3. The fourth-order valence-corrected chi connectivity index (χ4v) is 1.56. The molecule has 0 saturated carbocycles. The molecule has 1 heterocycles. The van der Waals surface area contributed by atoms with Gasteiger partial charge in [-0.05, 0) is 0 Å². The Morgan fingerprint density at radius 1 is 1.67 bits per heavy atom. The highest BCUT2D eigenvalue weighted by molar-refractivity contribution is 7.86. The first-order valence-electron chi connectivity index (χ1n) is 2.96. The number of halogens is 2. The highest BCUT2D eigenvalue weighted by atomic mass is 32.3. The molecule has 12 heavy (non-hydrogen) atoms. The third kappa shape index (κ3) is 2.33. The zero-order valence-corrected chi connectivity index (χ0v) is 6.90. The molecule has 1 aliphatic heterocycles. The molecule has 1 rings (SSSR count). The van der Waals surface area contributed by atoms with Gasteiger partial charge in [-0.1, -0.05) is 0 Å². The number of ether oxygens (including phenoxy) is 2. The summed E-state index contributed by atoms with van der Waals surface area (Å²) in [7, 11) is -4.74. The Hall–Kier alpha value is -0.850. The largest absolute Gasteiger partial charge is 0.452 e. The Morgan fingerprint density at radius 2 is 2.25 bits per heavy atom. The van der Waals surface area contributed by atoms with Gasteiger partial charge >= 0.3 is 16.2 Å². The second-order valence-corrected chi connectivity index (χ2v) is 3.83. The number of rotatable bonds is 2. The van der Waals surface area contributed by atoms with Crippen LogP contribution in [0.4, 0.5) is 8.28 Å². The van der Waals surface area contributed by atoms with Gasteiger partial charge in [0.1, 0.15) is 0 Å². The van der Waals surface area contributed by atoms with Gasteiger partial charge in [0.25, 0.3) is 5.79 Å². The molecule has 0 aliphatic carbocycles. The highest BCUT2D eigenvalue weighted by Crippen LogP contribution is 2.27. The zero-order valence-electron chi connectivity index (χ0n) is 6.08. The summed E-state index contributed by atoms with van der Waals surface area (Å²) in [6, 6.07) is -1.07. The van der Waals surface area contributed by atoms with Crippen LogP contribution < -0.4 is 0 Å². The Bertz CT molecular complexity index is 309. The van der Waals surface area contributed by atoms with Crippen molar-refractivity contribution in [3.05, 3.63) is 12.3 Å². The topological polar surface area (TPSA) is 52.6 Å². The van der Waals surface area contributed by atoms with Crippen molar-refractivity contribution in [2.45, 2.75) is 12.7 Å². The third-order valence-electron chi connectivity index (χ3n) is 1.15. The van der Waals surface area contributed by atoms with Crippen molar-refractivity contribution in [2.75, 3.05) is 5.75 Å². The molecular formula is C5H6F2O4S. The van der Waals surface area contributed by atoms with Crippen molar-refractivity contribution in [2.24, 2.45) is 0 Å². The van der Waals surface area contributed by atoms with Crippen LogP contribution >= 0.6 is 0 Å². The van der Waals surface area contributed by atoms with Gasteiger partial charge < -0.3 is 9.47 Å². The van der Waals surface area contributed by atoms with Crippen LogP contribution in [-0.4, -0.2) is 20.0 Å². The molecular weight excluding hydrogens is 194 g/mol. The summed E-state index contributed by atoms with van der Waals surface area (Å²) in [5.41, 5.74) is 0. The van der Waals surface area contributed by atoms with Gasteiger partial charge in [-0.3, -0.25) is 0 Å². The molecule has 7 heteroatoms. The summed E-state index contributed by atoms with van der Waals surface area (Å²) >= 11 is 0. The molecule has 0 N–H and O–H groups in total. The lowest BCUT2D eigenvalue weighted by Gasteiger charge is -2.19. The predicted octanol–water partition coefficient (Wildman–Crippen LogP) is 0.817. The van der Waals surface area contributed by atoms with Crippen LogP contribution in [0.25, 0.3) is 0 Å². The van der Waals surface area contributed by atoms with Crippen molar-refractivity contribution in [1.82, 2.24) is 0 Å². The minimum absolute atomic E-state index is 0.588. The second-order valence-electron chi connectivity index (χ2n) is 2.46. The molecule has 0 radical (unpaired) electrons. The molecule has 70 valence electrons. The first kappa shape index (κ1) is 9.24. The molecule has 1 atom stereocenters. The van der Waals surface area contributed by atoms with Crippen LogP contribution in [0.15, 0.2) is 12.3 Å². The number of hydrogen-bond donors (Lipinski definition) is 0. The van der Waals surface area contributed by atoms with Crippen LogP contribution in [0.3, 0.4) is 0 Å². The van der Waals surface area contributed by atoms with E-state index >= 15 is 0 Å². The molecule has 0 aromatic carbocycles. The number of hydrogen-bond acceptors (Lipinski definition) is 4.